The minimum absolute atomic E-state index is 0.297. The van der Waals surface area contributed by atoms with Gasteiger partial charge in [0.15, 0.2) is 0 Å². The van der Waals surface area contributed by atoms with Crippen molar-refractivity contribution in [3.05, 3.63) is 53.6 Å². The highest BCUT2D eigenvalue weighted by molar-refractivity contribution is 14.1. The van der Waals surface area contributed by atoms with E-state index in [0.29, 0.717) is 24.0 Å². The predicted molar refractivity (Wildman–Crippen MR) is 106 cm³/mol. The van der Waals surface area contributed by atoms with Crippen LogP contribution in [-0.2, 0) is 0 Å². The number of anilines is 1. The Labute approximate surface area is 161 Å². The monoisotopic (exact) mass is 451 g/mol. The minimum Gasteiger partial charge on any atom is -0.490 e. The van der Waals surface area contributed by atoms with Gasteiger partial charge in [0.2, 0.25) is 0 Å². The summed E-state index contributed by atoms with van der Waals surface area (Å²) in [5.74, 6) is 6.43. The molecule has 0 unspecified atom stereocenters. The Kier molecular flexibility index (Phi) is 5.76. The molecule has 4 nitrogen and oxygen atoms in total. The number of ether oxygens (including phenoxy) is 1. The molecular formula is C19H19FIN3O. The Morgan fingerprint density at radius 1 is 1.24 bits per heavy atom. The highest BCUT2D eigenvalue weighted by Gasteiger charge is 2.26. The van der Waals surface area contributed by atoms with Crippen LogP contribution in [0.25, 0.3) is 0 Å². The summed E-state index contributed by atoms with van der Waals surface area (Å²) in [6.45, 7) is 1.76. The standard InChI is InChI=1S/C19H19FIN3O/c1-23(2)18-8-14(7-16(20)10-18)3-4-15-9-19(12-22-11-15)25-13-17-5-6-24(17)21/h7-12,17H,5-6,13H2,1-2H3/t17-/m0/s1. The highest BCUT2D eigenvalue weighted by atomic mass is 127. The zero-order valence-electron chi connectivity index (χ0n) is 14.2. The molecule has 0 spiro atoms. The van der Waals surface area contributed by atoms with Crippen LogP contribution in [0, 0.1) is 17.7 Å². The molecule has 1 atom stereocenters. The number of rotatable bonds is 4. The average Bonchev–Trinajstić information content (AvgIpc) is 2.58. The first-order chi connectivity index (χ1) is 12.0. The fourth-order valence-corrected chi connectivity index (χ4v) is 3.10. The summed E-state index contributed by atoms with van der Waals surface area (Å²) in [5.41, 5.74) is 2.15. The molecule has 1 aliphatic heterocycles. The van der Waals surface area contributed by atoms with E-state index in [-0.39, 0.29) is 5.82 Å². The van der Waals surface area contributed by atoms with E-state index in [1.165, 1.54) is 12.1 Å². The summed E-state index contributed by atoms with van der Waals surface area (Å²) < 4.78 is 21.7. The van der Waals surface area contributed by atoms with E-state index in [9.17, 15) is 4.39 Å². The number of aromatic nitrogens is 1. The first-order valence-corrected chi connectivity index (χ1v) is 8.98. The molecule has 25 heavy (non-hydrogen) atoms. The lowest BCUT2D eigenvalue weighted by molar-refractivity contribution is 0.155. The van der Waals surface area contributed by atoms with Crippen LogP contribution in [0.3, 0.4) is 0 Å². The Balaban J connectivity index is 1.71. The van der Waals surface area contributed by atoms with Gasteiger partial charge in [0.1, 0.15) is 18.2 Å². The Morgan fingerprint density at radius 2 is 2.04 bits per heavy atom. The fourth-order valence-electron chi connectivity index (χ4n) is 2.38. The molecule has 1 fully saturated rings. The third-order valence-electron chi connectivity index (χ3n) is 3.98. The Hall–Kier alpha value is -1.85. The van der Waals surface area contributed by atoms with Gasteiger partial charge in [-0.15, -0.1) is 0 Å². The minimum atomic E-state index is -0.297. The molecule has 1 saturated heterocycles. The third-order valence-corrected chi connectivity index (χ3v) is 5.25. The molecule has 0 amide bonds. The second-order valence-corrected chi connectivity index (χ2v) is 7.37. The van der Waals surface area contributed by atoms with Crippen molar-refractivity contribution in [2.75, 3.05) is 32.1 Å². The summed E-state index contributed by atoms with van der Waals surface area (Å²) in [4.78, 5) is 6.02. The van der Waals surface area contributed by atoms with Crippen LogP contribution in [0.5, 0.6) is 5.75 Å². The molecular weight excluding hydrogens is 432 g/mol. The lowest BCUT2D eigenvalue weighted by Gasteiger charge is -2.35. The number of benzene rings is 1. The van der Waals surface area contributed by atoms with E-state index in [1.54, 1.807) is 12.4 Å². The number of nitrogens with zero attached hydrogens (tertiary/aromatic N) is 3. The molecule has 0 radical (unpaired) electrons. The van der Waals surface area contributed by atoms with Crippen molar-refractivity contribution < 1.29 is 9.13 Å². The van der Waals surface area contributed by atoms with Gasteiger partial charge in [-0.05, 0) is 30.7 Å². The van der Waals surface area contributed by atoms with E-state index in [1.807, 2.05) is 31.1 Å². The second kappa shape index (κ2) is 8.02. The van der Waals surface area contributed by atoms with Crippen molar-refractivity contribution >= 4 is 28.6 Å². The van der Waals surface area contributed by atoms with Crippen LogP contribution >= 0.6 is 22.9 Å². The molecule has 0 aliphatic carbocycles. The summed E-state index contributed by atoms with van der Waals surface area (Å²) in [6, 6.07) is 7.10. The van der Waals surface area contributed by atoms with Crippen LogP contribution in [0.2, 0.25) is 0 Å². The van der Waals surface area contributed by atoms with Gasteiger partial charge in [-0.1, -0.05) is 11.8 Å². The molecule has 0 bridgehead atoms. The second-order valence-electron chi connectivity index (χ2n) is 6.13. The van der Waals surface area contributed by atoms with Crippen LogP contribution in [-0.4, -0.2) is 41.4 Å². The molecule has 1 aromatic carbocycles. The number of hydrogen-bond acceptors (Lipinski definition) is 4. The van der Waals surface area contributed by atoms with E-state index in [2.05, 4.69) is 42.8 Å². The lowest BCUT2D eigenvalue weighted by Crippen LogP contribution is -2.44. The van der Waals surface area contributed by atoms with Crippen LogP contribution in [0.1, 0.15) is 17.5 Å². The quantitative estimate of drug-likeness (QED) is 0.405. The fraction of sp³-hybridized carbons (Fsp3) is 0.316. The van der Waals surface area contributed by atoms with Crippen molar-refractivity contribution in [1.29, 1.82) is 0 Å². The Morgan fingerprint density at radius 3 is 2.72 bits per heavy atom. The van der Waals surface area contributed by atoms with Crippen molar-refractivity contribution in [2.24, 2.45) is 0 Å². The van der Waals surface area contributed by atoms with Crippen molar-refractivity contribution in [3.63, 3.8) is 0 Å². The molecule has 0 N–H and O–H groups in total. The van der Waals surface area contributed by atoms with Gasteiger partial charge in [-0.2, -0.15) is 0 Å². The number of pyridine rings is 1. The van der Waals surface area contributed by atoms with E-state index in [0.717, 1.165) is 24.2 Å². The maximum Gasteiger partial charge on any atom is 0.138 e. The predicted octanol–water partition coefficient (Wildman–Crippen LogP) is 3.49. The molecule has 2 heterocycles. The number of halogens is 2. The topological polar surface area (TPSA) is 28.6 Å². The maximum absolute atomic E-state index is 13.7. The average molecular weight is 451 g/mol. The first kappa shape index (κ1) is 18.0. The van der Waals surface area contributed by atoms with Crippen molar-refractivity contribution in [3.8, 4) is 17.6 Å². The summed E-state index contributed by atoms with van der Waals surface area (Å²) in [7, 11) is 3.74. The van der Waals surface area contributed by atoms with Gasteiger partial charge < -0.3 is 9.64 Å². The van der Waals surface area contributed by atoms with Gasteiger partial charge in [0.05, 0.1) is 12.2 Å². The molecule has 1 aliphatic rings. The highest BCUT2D eigenvalue weighted by Crippen LogP contribution is 2.23. The summed E-state index contributed by atoms with van der Waals surface area (Å²) in [6.07, 6.45) is 4.53. The maximum atomic E-state index is 13.7. The first-order valence-electron chi connectivity index (χ1n) is 8.01. The zero-order valence-corrected chi connectivity index (χ0v) is 16.3. The van der Waals surface area contributed by atoms with Gasteiger partial charge in [0.25, 0.3) is 0 Å². The molecule has 0 saturated carbocycles. The van der Waals surface area contributed by atoms with Crippen molar-refractivity contribution in [2.45, 2.75) is 12.5 Å². The van der Waals surface area contributed by atoms with Crippen LogP contribution in [0.15, 0.2) is 36.7 Å². The van der Waals surface area contributed by atoms with Crippen LogP contribution in [0.4, 0.5) is 10.1 Å². The smallest absolute Gasteiger partial charge is 0.138 e. The lowest BCUT2D eigenvalue weighted by atomic mass is 10.1. The normalized spacial score (nSPS) is 16.6. The molecule has 2 aromatic rings. The van der Waals surface area contributed by atoms with Gasteiger partial charge in [-0.3, -0.25) is 4.98 Å². The molecule has 6 heteroatoms. The van der Waals surface area contributed by atoms with E-state index < -0.39 is 0 Å². The molecule has 3 rings (SSSR count). The van der Waals surface area contributed by atoms with E-state index >= 15 is 0 Å². The van der Waals surface area contributed by atoms with Gasteiger partial charge in [-0.25, -0.2) is 7.50 Å². The zero-order chi connectivity index (χ0) is 17.8. The summed E-state index contributed by atoms with van der Waals surface area (Å²) in [5, 5.41) is 0. The SMILES string of the molecule is CN(C)c1cc(F)cc(C#Cc2cncc(OC[C@@H]3CCN3I)c2)c1. The molecule has 130 valence electrons. The molecule has 1 aromatic heterocycles. The van der Waals surface area contributed by atoms with E-state index in [4.69, 9.17) is 4.74 Å². The largest absolute Gasteiger partial charge is 0.490 e. The third kappa shape index (κ3) is 4.83. The Bertz CT molecular complexity index is 816. The van der Waals surface area contributed by atoms with Crippen molar-refractivity contribution in [1.82, 2.24) is 8.10 Å². The van der Waals surface area contributed by atoms with Gasteiger partial charge >= 0.3 is 0 Å². The number of hydrogen-bond donors (Lipinski definition) is 0. The van der Waals surface area contributed by atoms with Gasteiger partial charge in [0, 0.05) is 66.5 Å². The van der Waals surface area contributed by atoms with Crippen LogP contribution < -0.4 is 9.64 Å². The summed E-state index contributed by atoms with van der Waals surface area (Å²) >= 11 is 2.32.